The van der Waals surface area contributed by atoms with Gasteiger partial charge < -0.3 is 15.0 Å². The molecule has 0 aliphatic carbocycles. The third kappa shape index (κ3) is 4.89. The Morgan fingerprint density at radius 2 is 1.66 bits per heavy atom. The number of halogens is 1. The number of carbonyl (C=O) groups excluding carboxylic acids is 3. The van der Waals surface area contributed by atoms with Gasteiger partial charge in [-0.15, -0.1) is 0 Å². The molecule has 0 saturated carbocycles. The highest BCUT2D eigenvalue weighted by Crippen LogP contribution is 2.39. The van der Waals surface area contributed by atoms with E-state index in [0.29, 0.717) is 24.1 Å². The van der Waals surface area contributed by atoms with E-state index in [0.717, 1.165) is 5.56 Å². The number of rotatable bonds is 5. The third-order valence-electron chi connectivity index (χ3n) is 7.26. The average Bonchev–Trinajstić information content (AvgIpc) is 3.31. The van der Waals surface area contributed by atoms with Gasteiger partial charge in [-0.2, -0.15) is 0 Å². The smallest absolute Gasteiger partial charge is 0.257 e. The summed E-state index contributed by atoms with van der Waals surface area (Å²) < 4.78 is 20.5. The number of nitrogens with one attached hydrogen (secondary N) is 1. The second-order valence-corrected chi connectivity index (χ2v) is 9.57. The fourth-order valence-electron chi connectivity index (χ4n) is 5.17. The summed E-state index contributed by atoms with van der Waals surface area (Å²) in [6.45, 7) is 2.62. The first-order chi connectivity index (χ1) is 18.4. The molecule has 38 heavy (non-hydrogen) atoms. The molecule has 3 aromatic rings. The van der Waals surface area contributed by atoms with Crippen molar-refractivity contribution in [1.82, 2.24) is 20.1 Å². The zero-order valence-electron chi connectivity index (χ0n) is 21.1. The van der Waals surface area contributed by atoms with Crippen LogP contribution in [0.4, 0.5) is 4.39 Å². The van der Waals surface area contributed by atoms with Gasteiger partial charge in [-0.3, -0.25) is 24.3 Å². The number of benzene rings is 2. The molecular formula is C29H29FN4O4. The normalized spacial score (nSPS) is 18.4. The molecule has 2 aliphatic heterocycles. The van der Waals surface area contributed by atoms with Crippen LogP contribution in [0.3, 0.4) is 0 Å². The summed E-state index contributed by atoms with van der Waals surface area (Å²) in [5.41, 5.74) is 0.934. The summed E-state index contributed by atoms with van der Waals surface area (Å²) >= 11 is 0. The van der Waals surface area contributed by atoms with Crippen molar-refractivity contribution in [2.75, 3.05) is 19.7 Å². The minimum Gasteiger partial charge on any atom is -0.353 e. The highest BCUT2D eigenvalue weighted by atomic mass is 19.1. The van der Waals surface area contributed by atoms with Gasteiger partial charge >= 0.3 is 0 Å². The number of nitrogens with zero attached hydrogens (tertiary/aromatic N) is 3. The fourth-order valence-corrected chi connectivity index (χ4v) is 5.17. The molecule has 3 amide bonds. The van der Waals surface area contributed by atoms with Crippen molar-refractivity contribution in [3.05, 3.63) is 101 Å². The lowest BCUT2D eigenvalue weighted by Crippen LogP contribution is -2.60. The van der Waals surface area contributed by atoms with Gasteiger partial charge in [0.05, 0.1) is 24.4 Å². The summed E-state index contributed by atoms with van der Waals surface area (Å²) in [5.74, 6) is -1.61. The standard InChI is InChI=1S/C29H29FN4O4/c1-20-8-2-3-10-22(20)28(37)34-25(26(35)32-18-21-9-6-7-15-31-21)19-38-29(34)13-16-33(17-14-29)27(36)23-11-4-5-12-24(23)30/h2-12,15,25H,13-14,16-19H2,1H3,(H,32,35). The van der Waals surface area contributed by atoms with Crippen molar-refractivity contribution in [3.63, 3.8) is 0 Å². The molecule has 5 rings (SSSR count). The van der Waals surface area contributed by atoms with Gasteiger partial charge in [-0.1, -0.05) is 36.4 Å². The maximum Gasteiger partial charge on any atom is 0.257 e. The Balaban J connectivity index is 1.38. The largest absolute Gasteiger partial charge is 0.353 e. The number of aromatic nitrogens is 1. The molecule has 1 N–H and O–H groups in total. The van der Waals surface area contributed by atoms with Crippen molar-refractivity contribution in [2.24, 2.45) is 0 Å². The van der Waals surface area contributed by atoms with Gasteiger partial charge in [0.1, 0.15) is 17.6 Å². The van der Waals surface area contributed by atoms with Gasteiger partial charge in [-0.25, -0.2) is 4.39 Å². The quantitative estimate of drug-likeness (QED) is 0.562. The zero-order chi connectivity index (χ0) is 26.7. The van der Waals surface area contributed by atoms with E-state index in [1.165, 1.54) is 18.2 Å². The first kappa shape index (κ1) is 25.5. The highest BCUT2D eigenvalue weighted by molar-refractivity contribution is 5.99. The van der Waals surface area contributed by atoms with E-state index in [1.54, 1.807) is 40.3 Å². The molecule has 1 aromatic heterocycles. The van der Waals surface area contributed by atoms with Crippen LogP contribution in [0.25, 0.3) is 0 Å². The summed E-state index contributed by atoms with van der Waals surface area (Å²) in [7, 11) is 0. The van der Waals surface area contributed by atoms with E-state index in [4.69, 9.17) is 4.74 Å². The average molecular weight is 517 g/mol. The number of aryl methyl sites for hydroxylation is 1. The topological polar surface area (TPSA) is 91.8 Å². The number of ether oxygens (including phenoxy) is 1. The maximum atomic E-state index is 14.2. The second-order valence-electron chi connectivity index (χ2n) is 9.57. The number of hydrogen-bond acceptors (Lipinski definition) is 5. The number of pyridine rings is 1. The van der Waals surface area contributed by atoms with Crippen molar-refractivity contribution in [1.29, 1.82) is 0 Å². The van der Waals surface area contributed by atoms with E-state index in [9.17, 15) is 18.8 Å². The van der Waals surface area contributed by atoms with Gasteiger partial charge in [0.25, 0.3) is 11.8 Å². The Hall–Kier alpha value is -4.11. The predicted octanol–water partition coefficient (Wildman–Crippen LogP) is 3.32. The molecule has 1 atom stereocenters. The van der Waals surface area contributed by atoms with Crippen LogP contribution in [0.5, 0.6) is 0 Å². The molecule has 3 heterocycles. The van der Waals surface area contributed by atoms with Crippen LogP contribution in [-0.4, -0.2) is 64.0 Å². The molecule has 2 aromatic carbocycles. The van der Waals surface area contributed by atoms with Crippen molar-refractivity contribution < 1.29 is 23.5 Å². The van der Waals surface area contributed by atoms with Crippen LogP contribution in [0.2, 0.25) is 0 Å². The van der Waals surface area contributed by atoms with Crippen LogP contribution in [0.15, 0.2) is 72.9 Å². The lowest BCUT2D eigenvalue weighted by molar-refractivity contribution is -0.128. The minimum absolute atomic E-state index is 0.00964. The van der Waals surface area contributed by atoms with Gasteiger partial charge in [0.15, 0.2) is 0 Å². The summed E-state index contributed by atoms with van der Waals surface area (Å²) in [6.07, 6.45) is 2.25. The molecule has 0 radical (unpaired) electrons. The molecule has 1 unspecified atom stereocenters. The van der Waals surface area contributed by atoms with Crippen LogP contribution in [-0.2, 0) is 16.1 Å². The molecule has 2 fully saturated rings. The number of hydrogen-bond donors (Lipinski definition) is 1. The van der Waals surface area contributed by atoms with E-state index in [2.05, 4.69) is 10.3 Å². The van der Waals surface area contributed by atoms with Crippen molar-refractivity contribution >= 4 is 17.7 Å². The summed E-state index contributed by atoms with van der Waals surface area (Å²) in [6, 6.07) is 17.7. The Morgan fingerprint density at radius 1 is 0.974 bits per heavy atom. The van der Waals surface area contributed by atoms with E-state index < -0.39 is 23.5 Å². The number of carbonyl (C=O) groups is 3. The van der Waals surface area contributed by atoms with Crippen molar-refractivity contribution in [2.45, 2.75) is 38.1 Å². The monoisotopic (exact) mass is 516 g/mol. The molecule has 8 nitrogen and oxygen atoms in total. The molecule has 2 saturated heterocycles. The summed E-state index contributed by atoms with van der Waals surface area (Å²) in [5, 5.41) is 2.89. The predicted molar refractivity (Wildman–Crippen MR) is 137 cm³/mol. The van der Waals surface area contributed by atoms with Crippen LogP contribution in [0, 0.1) is 12.7 Å². The molecule has 0 bridgehead atoms. The molecule has 2 aliphatic rings. The lowest BCUT2D eigenvalue weighted by Gasteiger charge is -2.44. The fraction of sp³-hybridized carbons (Fsp3) is 0.310. The number of amides is 3. The number of piperidine rings is 1. The highest BCUT2D eigenvalue weighted by Gasteiger charge is 2.54. The SMILES string of the molecule is Cc1ccccc1C(=O)N1C(C(=O)NCc2ccccn2)COC12CCN(C(=O)c1ccccc1F)CC2. The third-order valence-corrected chi connectivity index (χ3v) is 7.26. The lowest BCUT2D eigenvalue weighted by atomic mass is 9.95. The second kappa shape index (κ2) is 10.7. The Bertz CT molecular complexity index is 1340. The van der Waals surface area contributed by atoms with Gasteiger partial charge in [0, 0.05) is 37.7 Å². The Labute approximate surface area is 220 Å². The minimum atomic E-state index is -1.06. The van der Waals surface area contributed by atoms with E-state index in [-0.39, 0.29) is 43.6 Å². The molecule has 9 heteroatoms. The molecular weight excluding hydrogens is 487 g/mol. The zero-order valence-corrected chi connectivity index (χ0v) is 21.1. The summed E-state index contributed by atoms with van der Waals surface area (Å²) in [4.78, 5) is 47.6. The molecule has 196 valence electrons. The van der Waals surface area contributed by atoms with Gasteiger partial charge in [0.2, 0.25) is 5.91 Å². The van der Waals surface area contributed by atoms with Crippen molar-refractivity contribution in [3.8, 4) is 0 Å². The maximum absolute atomic E-state index is 14.2. The van der Waals surface area contributed by atoms with Gasteiger partial charge in [-0.05, 0) is 42.8 Å². The first-order valence-electron chi connectivity index (χ1n) is 12.6. The van der Waals surface area contributed by atoms with Crippen LogP contribution < -0.4 is 5.32 Å². The first-order valence-corrected chi connectivity index (χ1v) is 12.6. The Kier molecular flexibility index (Phi) is 7.20. The van der Waals surface area contributed by atoms with Crippen LogP contribution >= 0.6 is 0 Å². The van der Waals surface area contributed by atoms with E-state index in [1.807, 2.05) is 31.2 Å². The molecule has 1 spiro atoms. The van der Waals surface area contributed by atoms with E-state index >= 15 is 0 Å². The number of likely N-dealkylation sites (tertiary alicyclic amines) is 1. The van der Waals surface area contributed by atoms with Crippen LogP contribution in [0.1, 0.15) is 44.8 Å². The Morgan fingerprint density at radius 3 is 2.34 bits per heavy atom.